The van der Waals surface area contributed by atoms with Crippen LogP contribution < -0.4 is 4.74 Å². The van der Waals surface area contributed by atoms with Gasteiger partial charge in [0.2, 0.25) is 0 Å². The molecule has 0 saturated heterocycles. The summed E-state index contributed by atoms with van der Waals surface area (Å²) in [5.74, 6) is -0.319. The first-order chi connectivity index (χ1) is 12.6. The number of hydrogen-bond donors (Lipinski definition) is 0. The minimum absolute atomic E-state index is 0.239. The van der Waals surface area contributed by atoms with Crippen molar-refractivity contribution < 1.29 is 19.1 Å². The van der Waals surface area contributed by atoms with Crippen LogP contribution in [0.25, 0.3) is 0 Å². The van der Waals surface area contributed by atoms with Gasteiger partial charge in [-0.15, -0.1) is 0 Å². The maximum Gasteiger partial charge on any atom is 0.344 e. The number of aryl methyl sites for hydroxylation is 1. The molecule has 134 valence electrons. The fraction of sp³-hybridized carbons (Fsp3) is 0.250. The van der Waals surface area contributed by atoms with Gasteiger partial charge in [0.05, 0.1) is 12.3 Å². The van der Waals surface area contributed by atoms with Crippen LogP contribution in [0, 0.1) is 6.92 Å². The smallest absolute Gasteiger partial charge is 0.344 e. The Labute approximate surface area is 152 Å². The van der Waals surface area contributed by atoms with Gasteiger partial charge in [-0.1, -0.05) is 48.5 Å². The van der Waals surface area contributed by atoms with Gasteiger partial charge in [0, 0.05) is 6.42 Å². The van der Waals surface area contributed by atoms with E-state index in [2.05, 4.69) is 5.10 Å². The Bertz CT molecular complexity index is 818. The maximum atomic E-state index is 12.2. The average molecular weight is 352 g/mol. The molecule has 6 nitrogen and oxygen atoms in total. The predicted octanol–water partition coefficient (Wildman–Crippen LogP) is 2.55. The summed E-state index contributed by atoms with van der Waals surface area (Å²) in [6.45, 7) is 1.79. The molecule has 1 aliphatic rings. The minimum Gasteiger partial charge on any atom is -0.482 e. The first-order valence-electron chi connectivity index (χ1n) is 8.41. The monoisotopic (exact) mass is 352 g/mol. The highest BCUT2D eigenvalue weighted by Gasteiger charge is 2.22. The van der Waals surface area contributed by atoms with Gasteiger partial charge in [0.1, 0.15) is 5.75 Å². The van der Waals surface area contributed by atoms with E-state index >= 15 is 0 Å². The number of hydrazone groups is 1. The summed E-state index contributed by atoms with van der Waals surface area (Å²) < 4.78 is 10.4. The van der Waals surface area contributed by atoms with E-state index in [4.69, 9.17) is 9.47 Å². The number of rotatable bonds is 6. The summed E-state index contributed by atoms with van der Waals surface area (Å²) in [6.07, 6.45) is 0.681. The third-order valence-electron chi connectivity index (χ3n) is 3.99. The molecule has 0 saturated carbocycles. The van der Waals surface area contributed by atoms with Crippen molar-refractivity contribution in [3.05, 3.63) is 65.7 Å². The number of benzene rings is 2. The van der Waals surface area contributed by atoms with Crippen molar-refractivity contribution >= 4 is 17.6 Å². The largest absolute Gasteiger partial charge is 0.482 e. The molecule has 2 aromatic rings. The Morgan fingerprint density at radius 1 is 1.04 bits per heavy atom. The lowest BCUT2D eigenvalue weighted by atomic mass is 10.1. The quantitative estimate of drug-likeness (QED) is 0.749. The van der Waals surface area contributed by atoms with E-state index in [9.17, 15) is 9.59 Å². The van der Waals surface area contributed by atoms with Gasteiger partial charge >= 0.3 is 5.97 Å². The number of esters is 1. The summed E-state index contributed by atoms with van der Waals surface area (Å²) in [5.41, 5.74) is 2.77. The molecule has 2 aromatic carbocycles. The second-order valence-electron chi connectivity index (χ2n) is 5.89. The second-order valence-corrected chi connectivity index (χ2v) is 5.89. The van der Waals surface area contributed by atoms with Crippen LogP contribution >= 0.6 is 0 Å². The van der Waals surface area contributed by atoms with Gasteiger partial charge < -0.3 is 9.47 Å². The van der Waals surface area contributed by atoms with Gasteiger partial charge in [-0.25, -0.2) is 9.80 Å². The Hall–Kier alpha value is -3.15. The van der Waals surface area contributed by atoms with E-state index < -0.39 is 5.97 Å². The molecule has 26 heavy (non-hydrogen) atoms. The highest BCUT2D eigenvalue weighted by Crippen LogP contribution is 2.16. The topological polar surface area (TPSA) is 68.2 Å². The predicted molar refractivity (Wildman–Crippen MR) is 96.9 cm³/mol. The summed E-state index contributed by atoms with van der Waals surface area (Å²) in [6, 6.07) is 17.1. The van der Waals surface area contributed by atoms with Gasteiger partial charge in [0.25, 0.3) is 5.91 Å². The molecule has 0 aromatic heterocycles. The fourth-order valence-corrected chi connectivity index (χ4v) is 2.58. The first-order valence-corrected chi connectivity index (χ1v) is 8.41. The lowest BCUT2D eigenvalue weighted by Gasteiger charge is -2.12. The van der Waals surface area contributed by atoms with E-state index in [1.165, 1.54) is 5.01 Å². The number of para-hydroxylation sites is 1. The summed E-state index contributed by atoms with van der Waals surface area (Å²) in [7, 11) is 0. The molecule has 0 unspecified atom stereocenters. The highest BCUT2D eigenvalue weighted by molar-refractivity contribution is 6.02. The summed E-state index contributed by atoms with van der Waals surface area (Å²) in [4.78, 5) is 23.9. The first kappa shape index (κ1) is 17.7. The molecule has 0 spiro atoms. The number of carbonyl (C=O) groups excluding carboxylic acids is 2. The van der Waals surface area contributed by atoms with Gasteiger partial charge in [-0.2, -0.15) is 5.10 Å². The highest BCUT2D eigenvalue weighted by atomic mass is 16.6. The van der Waals surface area contributed by atoms with Gasteiger partial charge in [-0.3, -0.25) is 4.79 Å². The van der Waals surface area contributed by atoms with Gasteiger partial charge in [-0.05, 0) is 24.1 Å². The third-order valence-corrected chi connectivity index (χ3v) is 3.99. The Morgan fingerprint density at radius 3 is 2.54 bits per heavy atom. The van der Waals surface area contributed by atoms with Crippen LogP contribution in [0.5, 0.6) is 5.75 Å². The van der Waals surface area contributed by atoms with Crippen molar-refractivity contribution in [3.63, 3.8) is 0 Å². The van der Waals surface area contributed by atoms with Crippen molar-refractivity contribution in [2.45, 2.75) is 13.3 Å². The zero-order valence-electron chi connectivity index (χ0n) is 14.6. The molecule has 0 bridgehead atoms. The van der Waals surface area contributed by atoms with E-state index in [1.807, 2.05) is 55.5 Å². The van der Waals surface area contributed by atoms with Crippen LogP contribution in [-0.2, 0) is 14.3 Å². The van der Waals surface area contributed by atoms with Crippen LogP contribution in [0.15, 0.2) is 59.7 Å². The van der Waals surface area contributed by atoms with Crippen LogP contribution in [0.3, 0.4) is 0 Å². The molecule has 0 radical (unpaired) electrons. The zero-order valence-corrected chi connectivity index (χ0v) is 14.6. The van der Waals surface area contributed by atoms with Crippen LogP contribution in [0.2, 0.25) is 0 Å². The minimum atomic E-state index is -0.590. The lowest BCUT2D eigenvalue weighted by Crippen LogP contribution is -2.29. The van der Waals surface area contributed by atoms with Crippen LogP contribution in [-0.4, -0.2) is 42.4 Å². The molecule has 1 aliphatic heterocycles. The number of nitrogens with zero attached hydrogens (tertiary/aromatic N) is 2. The van der Waals surface area contributed by atoms with Crippen molar-refractivity contribution in [3.8, 4) is 5.75 Å². The van der Waals surface area contributed by atoms with Crippen molar-refractivity contribution in [1.29, 1.82) is 0 Å². The van der Waals surface area contributed by atoms with Crippen molar-refractivity contribution in [2.24, 2.45) is 5.10 Å². The molecule has 6 heteroatoms. The Kier molecular flexibility index (Phi) is 5.63. The zero-order chi connectivity index (χ0) is 18.4. The van der Waals surface area contributed by atoms with E-state index in [0.717, 1.165) is 16.8 Å². The van der Waals surface area contributed by atoms with Crippen molar-refractivity contribution in [1.82, 2.24) is 5.01 Å². The number of carbonyl (C=O) groups is 2. The normalized spacial score (nSPS) is 13.3. The average Bonchev–Trinajstić information content (AvgIpc) is 3.16. The molecule has 0 fully saturated rings. The molecular weight excluding hydrogens is 332 g/mol. The number of hydrogen-bond acceptors (Lipinski definition) is 5. The second kappa shape index (κ2) is 8.29. The SMILES string of the molecule is Cc1ccccc1OCC(=O)OCC(=O)N1CCC(c2ccccc2)=N1. The fourth-order valence-electron chi connectivity index (χ4n) is 2.58. The van der Waals surface area contributed by atoms with Gasteiger partial charge in [0.15, 0.2) is 13.2 Å². The Morgan fingerprint density at radius 2 is 1.77 bits per heavy atom. The Balaban J connectivity index is 1.46. The van der Waals surface area contributed by atoms with Crippen LogP contribution in [0.4, 0.5) is 0 Å². The number of ether oxygens (including phenoxy) is 2. The summed E-state index contributed by atoms with van der Waals surface area (Å²) >= 11 is 0. The standard InChI is InChI=1S/C20H20N2O4/c1-15-7-5-6-10-18(15)25-14-20(24)26-13-19(23)22-12-11-17(21-22)16-8-3-2-4-9-16/h2-10H,11-14H2,1H3. The maximum absolute atomic E-state index is 12.2. The molecule has 0 N–H and O–H groups in total. The molecule has 0 atom stereocenters. The molecule has 1 heterocycles. The molecular formula is C20H20N2O4. The van der Waals surface area contributed by atoms with E-state index in [0.29, 0.717) is 18.7 Å². The molecule has 0 aliphatic carbocycles. The lowest BCUT2D eigenvalue weighted by molar-refractivity contribution is -0.153. The molecule has 3 rings (SSSR count). The van der Waals surface area contributed by atoms with Crippen LogP contribution in [0.1, 0.15) is 17.5 Å². The van der Waals surface area contributed by atoms with E-state index in [-0.39, 0.29) is 19.1 Å². The third kappa shape index (κ3) is 4.47. The number of amides is 1. The summed E-state index contributed by atoms with van der Waals surface area (Å²) in [5, 5.41) is 5.66. The van der Waals surface area contributed by atoms with E-state index in [1.54, 1.807) is 6.07 Å². The molecule has 1 amide bonds. The van der Waals surface area contributed by atoms with Crippen molar-refractivity contribution in [2.75, 3.05) is 19.8 Å².